The Kier molecular flexibility index (Phi) is 3.83. The Bertz CT molecular complexity index is 728. The molecule has 3 rings (SSSR count). The van der Waals surface area contributed by atoms with E-state index >= 15 is 0 Å². The van der Waals surface area contributed by atoms with Crippen LogP contribution in [0.15, 0.2) is 11.1 Å². The number of hydrogen-bond donors (Lipinski definition) is 4. The van der Waals surface area contributed by atoms with E-state index in [0.29, 0.717) is 5.65 Å². The largest absolute Gasteiger partial charge is 0.394 e. The number of aromatic nitrogens is 4. The Morgan fingerprint density at radius 1 is 1.59 bits per heavy atom. The molecule has 2 aromatic rings. The predicted octanol–water partition coefficient (Wildman–Crippen LogP) is -1.57. The minimum absolute atomic E-state index is 0.152. The molecule has 1 aliphatic rings. The minimum Gasteiger partial charge on any atom is -0.394 e. The van der Waals surface area contributed by atoms with Crippen LogP contribution < -0.4 is 10.9 Å². The lowest BCUT2D eigenvalue weighted by Crippen LogP contribution is -2.34. The van der Waals surface area contributed by atoms with Crippen molar-refractivity contribution in [2.75, 3.05) is 26.1 Å². The number of aliphatic hydroxyl groups is 2. The van der Waals surface area contributed by atoms with Crippen molar-refractivity contribution in [3.63, 3.8) is 0 Å². The average molecular weight is 311 g/mol. The van der Waals surface area contributed by atoms with Crippen molar-refractivity contribution in [1.82, 2.24) is 19.5 Å². The van der Waals surface area contributed by atoms with Crippen LogP contribution in [0.5, 0.6) is 0 Å². The number of imidazole rings is 1. The predicted molar refractivity (Wildman–Crippen MR) is 75.5 cm³/mol. The summed E-state index contributed by atoms with van der Waals surface area (Å²) in [4.78, 5) is 22.8. The molecular formula is C12H17N5O5. The lowest BCUT2D eigenvalue weighted by atomic mass is 10.1. The molecule has 1 aliphatic heterocycles. The van der Waals surface area contributed by atoms with Gasteiger partial charge in [0.05, 0.1) is 12.9 Å². The maximum atomic E-state index is 11.9. The van der Waals surface area contributed by atoms with E-state index in [1.54, 1.807) is 7.05 Å². The first-order valence-corrected chi connectivity index (χ1v) is 6.72. The number of nitrogens with one attached hydrogen (secondary N) is 2. The second-order valence-electron chi connectivity index (χ2n) is 4.93. The lowest BCUT2D eigenvalue weighted by Gasteiger charge is -2.19. The Morgan fingerprint density at radius 2 is 2.36 bits per heavy atom. The van der Waals surface area contributed by atoms with Crippen molar-refractivity contribution in [2.45, 2.75) is 24.5 Å². The Balaban J connectivity index is 2.10. The Labute approximate surface area is 124 Å². The van der Waals surface area contributed by atoms with E-state index in [1.165, 1.54) is 18.0 Å². The fourth-order valence-corrected chi connectivity index (χ4v) is 2.58. The number of aromatic amines is 1. The van der Waals surface area contributed by atoms with Gasteiger partial charge in [0, 0.05) is 14.2 Å². The van der Waals surface area contributed by atoms with E-state index in [4.69, 9.17) is 9.47 Å². The van der Waals surface area contributed by atoms with Gasteiger partial charge in [-0.25, -0.2) is 4.98 Å². The highest BCUT2D eigenvalue weighted by atomic mass is 16.6. The SMILES string of the molecule is CNc1nc2c(ncn2[C@@H]2O[C@H](CO)C(O)[C@@H]2OC)c(=O)[nH]1. The Morgan fingerprint density at radius 3 is 3.00 bits per heavy atom. The van der Waals surface area contributed by atoms with Crippen LogP contribution in [-0.4, -0.2) is 68.8 Å². The van der Waals surface area contributed by atoms with Crippen LogP contribution >= 0.6 is 0 Å². The van der Waals surface area contributed by atoms with Crippen molar-refractivity contribution >= 4 is 17.1 Å². The first-order valence-electron chi connectivity index (χ1n) is 6.72. The van der Waals surface area contributed by atoms with E-state index in [0.717, 1.165) is 0 Å². The van der Waals surface area contributed by atoms with Gasteiger partial charge in [0.2, 0.25) is 5.95 Å². The quantitative estimate of drug-likeness (QED) is 0.532. The smallest absolute Gasteiger partial charge is 0.280 e. The zero-order valence-corrected chi connectivity index (χ0v) is 12.1. The number of H-pyrrole nitrogens is 1. The van der Waals surface area contributed by atoms with Crippen LogP contribution in [0.25, 0.3) is 11.2 Å². The van der Waals surface area contributed by atoms with E-state index in [9.17, 15) is 15.0 Å². The third kappa shape index (κ3) is 2.16. The van der Waals surface area contributed by atoms with Crippen molar-refractivity contribution < 1.29 is 19.7 Å². The fourth-order valence-electron chi connectivity index (χ4n) is 2.58. The molecule has 4 N–H and O–H groups in total. The maximum absolute atomic E-state index is 11.9. The number of hydrogen-bond acceptors (Lipinski definition) is 8. The molecule has 1 unspecified atom stereocenters. The van der Waals surface area contributed by atoms with E-state index in [2.05, 4.69) is 20.3 Å². The van der Waals surface area contributed by atoms with Gasteiger partial charge in [-0.15, -0.1) is 0 Å². The molecule has 0 saturated carbocycles. The number of anilines is 1. The van der Waals surface area contributed by atoms with Gasteiger partial charge in [-0.2, -0.15) is 4.98 Å². The molecule has 1 fully saturated rings. The molecule has 22 heavy (non-hydrogen) atoms. The van der Waals surface area contributed by atoms with Gasteiger partial charge in [-0.3, -0.25) is 14.3 Å². The number of ether oxygens (including phenoxy) is 2. The third-order valence-corrected chi connectivity index (χ3v) is 3.71. The van der Waals surface area contributed by atoms with Crippen LogP contribution in [0.3, 0.4) is 0 Å². The van der Waals surface area contributed by atoms with Gasteiger partial charge in [0.25, 0.3) is 5.56 Å². The summed E-state index contributed by atoms with van der Waals surface area (Å²) in [5, 5.41) is 22.1. The summed E-state index contributed by atoms with van der Waals surface area (Å²) in [6, 6.07) is 0. The van der Waals surface area contributed by atoms with Gasteiger partial charge >= 0.3 is 0 Å². The standard InChI is InChI=1S/C12H17N5O5/c1-13-12-15-9-6(10(20)16-12)14-4-17(9)11-8(21-2)7(19)5(3-18)22-11/h4-5,7-8,11,18-19H,3H2,1-2H3,(H2,13,15,16,20)/t5-,7?,8+,11-/m1/s1. The van der Waals surface area contributed by atoms with Crippen molar-refractivity contribution in [2.24, 2.45) is 0 Å². The zero-order valence-electron chi connectivity index (χ0n) is 12.1. The third-order valence-electron chi connectivity index (χ3n) is 3.71. The molecule has 10 nitrogen and oxygen atoms in total. The number of methoxy groups -OCH3 is 1. The summed E-state index contributed by atoms with van der Waals surface area (Å²) in [6.45, 7) is -0.347. The average Bonchev–Trinajstić information content (AvgIpc) is 3.07. The van der Waals surface area contributed by atoms with E-state index < -0.39 is 24.5 Å². The van der Waals surface area contributed by atoms with Crippen LogP contribution in [0.1, 0.15) is 6.23 Å². The van der Waals surface area contributed by atoms with Gasteiger partial charge < -0.3 is 25.0 Å². The maximum Gasteiger partial charge on any atom is 0.280 e. The summed E-state index contributed by atoms with van der Waals surface area (Å²) < 4.78 is 12.4. The van der Waals surface area contributed by atoms with Crippen LogP contribution in [0.4, 0.5) is 5.95 Å². The highest BCUT2D eigenvalue weighted by Gasteiger charge is 2.45. The van der Waals surface area contributed by atoms with E-state index in [1.807, 2.05) is 0 Å². The summed E-state index contributed by atoms with van der Waals surface area (Å²) in [5.74, 6) is 0.283. The van der Waals surface area contributed by atoms with E-state index in [-0.39, 0.29) is 23.6 Å². The van der Waals surface area contributed by atoms with Crippen molar-refractivity contribution in [1.29, 1.82) is 0 Å². The van der Waals surface area contributed by atoms with Gasteiger partial charge in [-0.1, -0.05) is 0 Å². The normalized spacial score (nSPS) is 28.4. The molecule has 4 atom stereocenters. The first-order chi connectivity index (χ1) is 10.6. The van der Waals surface area contributed by atoms with Crippen LogP contribution in [0, 0.1) is 0 Å². The number of rotatable bonds is 4. The highest BCUT2D eigenvalue weighted by Crippen LogP contribution is 2.32. The number of aliphatic hydroxyl groups excluding tert-OH is 2. The number of nitrogens with zero attached hydrogens (tertiary/aromatic N) is 3. The molecule has 2 aromatic heterocycles. The van der Waals surface area contributed by atoms with Gasteiger partial charge in [-0.05, 0) is 0 Å². The van der Waals surface area contributed by atoms with Crippen molar-refractivity contribution in [3.05, 3.63) is 16.7 Å². The monoisotopic (exact) mass is 311 g/mol. The molecule has 0 amide bonds. The minimum atomic E-state index is -0.997. The fraction of sp³-hybridized carbons (Fsp3) is 0.583. The summed E-state index contributed by atoms with van der Waals surface area (Å²) in [6.07, 6.45) is -1.84. The molecule has 3 heterocycles. The molecule has 0 aliphatic carbocycles. The van der Waals surface area contributed by atoms with Crippen molar-refractivity contribution in [3.8, 4) is 0 Å². The van der Waals surface area contributed by atoms with Gasteiger partial charge in [0.1, 0.15) is 18.3 Å². The second kappa shape index (κ2) is 5.65. The second-order valence-corrected chi connectivity index (χ2v) is 4.93. The zero-order chi connectivity index (χ0) is 15.9. The molecule has 0 aromatic carbocycles. The Hall–Kier alpha value is -2.01. The van der Waals surface area contributed by atoms with Crippen LogP contribution in [-0.2, 0) is 9.47 Å². The number of fused-ring (bicyclic) bond motifs is 1. The molecule has 0 bridgehead atoms. The molecule has 10 heteroatoms. The molecule has 1 saturated heterocycles. The summed E-state index contributed by atoms with van der Waals surface area (Å²) in [5.41, 5.74) is 0.0599. The summed E-state index contributed by atoms with van der Waals surface area (Å²) in [7, 11) is 3.06. The highest BCUT2D eigenvalue weighted by molar-refractivity contribution is 5.70. The molecular weight excluding hydrogens is 294 g/mol. The lowest BCUT2D eigenvalue weighted by molar-refractivity contribution is -0.0583. The molecule has 120 valence electrons. The summed E-state index contributed by atoms with van der Waals surface area (Å²) >= 11 is 0. The first kappa shape index (κ1) is 14.9. The molecule has 0 spiro atoms. The molecule has 0 radical (unpaired) electrons. The van der Waals surface area contributed by atoms with Crippen LogP contribution in [0.2, 0.25) is 0 Å². The van der Waals surface area contributed by atoms with Gasteiger partial charge in [0.15, 0.2) is 17.4 Å². The topological polar surface area (TPSA) is 135 Å².